The lowest BCUT2D eigenvalue weighted by atomic mass is 10.1. The molecule has 21 heavy (non-hydrogen) atoms. The molecule has 7 heteroatoms. The van der Waals surface area contributed by atoms with Gasteiger partial charge in [-0.3, -0.25) is 0 Å². The third kappa shape index (κ3) is 5.67. The van der Waals surface area contributed by atoms with E-state index in [0.717, 1.165) is 28.6 Å². The Kier molecular flexibility index (Phi) is 7.29. The van der Waals surface area contributed by atoms with Crippen molar-refractivity contribution in [3.63, 3.8) is 0 Å². The Hall–Kier alpha value is -0.470. The van der Waals surface area contributed by atoms with Crippen LogP contribution >= 0.6 is 15.9 Å². The van der Waals surface area contributed by atoms with Gasteiger partial charge in [-0.05, 0) is 64.3 Å². The van der Waals surface area contributed by atoms with Crippen molar-refractivity contribution in [1.82, 2.24) is 14.9 Å². The van der Waals surface area contributed by atoms with Gasteiger partial charge in [-0.2, -0.15) is 0 Å². The second-order valence-electron chi connectivity index (χ2n) is 5.29. The van der Waals surface area contributed by atoms with Gasteiger partial charge in [-0.1, -0.05) is 15.9 Å². The average Bonchev–Trinajstić information content (AvgIpc) is 2.38. The van der Waals surface area contributed by atoms with E-state index in [4.69, 9.17) is 0 Å². The molecule has 0 fully saturated rings. The van der Waals surface area contributed by atoms with Crippen molar-refractivity contribution in [2.75, 3.05) is 34.2 Å². The van der Waals surface area contributed by atoms with E-state index in [2.05, 4.69) is 26.0 Å². The first-order chi connectivity index (χ1) is 9.77. The minimum absolute atomic E-state index is 0.340. The maximum Gasteiger partial charge on any atom is 0.240 e. The molecule has 0 atom stereocenters. The van der Waals surface area contributed by atoms with Crippen LogP contribution in [0.4, 0.5) is 0 Å². The van der Waals surface area contributed by atoms with Crippen LogP contribution in [-0.2, 0) is 16.6 Å². The first-order valence-electron chi connectivity index (χ1n) is 6.86. The number of hydrogen-bond acceptors (Lipinski definition) is 4. The second-order valence-corrected chi connectivity index (χ2v) is 7.88. The Balaban J connectivity index is 2.91. The molecular weight excluding hydrogens is 354 g/mol. The van der Waals surface area contributed by atoms with Gasteiger partial charge in [0.15, 0.2) is 0 Å². The molecule has 0 spiro atoms. The molecule has 2 N–H and O–H groups in total. The largest absolute Gasteiger partial charge is 0.316 e. The highest BCUT2D eigenvalue weighted by molar-refractivity contribution is 9.10. The van der Waals surface area contributed by atoms with Crippen LogP contribution in [0.2, 0.25) is 0 Å². The fraction of sp³-hybridized carbons (Fsp3) is 0.571. The van der Waals surface area contributed by atoms with Crippen LogP contribution in [0.15, 0.2) is 21.5 Å². The first kappa shape index (κ1) is 18.6. The Morgan fingerprint density at radius 2 is 1.95 bits per heavy atom. The highest BCUT2D eigenvalue weighted by Crippen LogP contribution is 2.25. The summed E-state index contributed by atoms with van der Waals surface area (Å²) >= 11 is 3.43. The van der Waals surface area contributed by atoms with Gasteiger partial charge in [0.05, 0.1) is 4.90 Å². The van der Waals surface area contributed by atoms with E-state index in [1.807, 2.05) is 39.0 Å². The molecule has 1 rings (SSSR count). The van der Waals surface area contributed by atoms with E-state index in [0.29, 0.717) is 18.0 Å². The molecular formula is C14H24BrN3O2S. The molecule has 0 aliphatic heterocycles. The zero-order valence-corrected chi connectivity index (χ0v) is 15.4. The Morgan fingerprint density at radius 1 is 1.29 bits per heavy atom. The number of nitrogens with zero attached hydrogens (tertiary/aromatic N) is 1. The molecule has 0 aromatic heterocycles. The van der Waals surface area contributed by atoms with E-state index in [9.17, 15) is 8.42 Å². The predicted octanol–water partition coefficient (Wildman–Crippen LogP) is 1.71. The topological polar surface area (TPSA) is 61.4 Å². The Labute approximate surface area is 136 Å². The summed E-state index contributed by atoms with van der Waals surface area (Å²) in [6.07, 6.45) is 0.780. The predicted molar refractivity (Wildman–Crippen MR) is 90.0 cm³/mol. The SMILES string of the molecule is CNCc1cc(Br)c(C)c(S(=O)(=O)NCCCN(C)C)c1. The van der Waals surface area contributed by atoms with Crippen LogP contribution in [0, 0.1) is 6.92 Å². The maximum atomic E-state index is 12.4. The van der Waals surface area contributed by atoms with Crippen LogP contribution in [0.3, 0.4) is 0 Å². The van der Waals surface area contributed by atoms with Gasteiger partial charge >= 0.3 is 0 Å². The molecule has 1 aromatic carbocycles. The van der Waals surface area contributed by atoms with Crippen molar-refractivity contribution in [1.29, 1.82) is 0 Å². The smallest absolute Gasteiger partial charge is 0.240 e. The van der Waals surface area contributed by atoms with Crippen LogP contribution in [0.1, 0.15) is 17.5 Å². The van der Waals surface area contributed by atoms with Crippen LogP contribution in [-0.4, -0.2) is 47.6 Å². The minimum atomic E-state index is -3.48. The van der Waals surface area contributed by atoms with Crippen molar-refractivity contribution in [2.45, 2.75) is 24.8 Å². The lowest BCUT2D eigenvalue weighted by molar-refractivity contribution is 0.400. The molecule has 0 radical (unpaired) electrons. The molecule has 0 heterocycles. The third-order valence-corrected chi connectivity index (χ3v) is 5.51. The van der Waals surface area contributed by atoms with E-state index in [-0.39, 0.29) is 0 Å². The van der Waals surface area contributed by atoms with Crippen molar-refractivity contribution in [3.8, 4) is 0 Å². The summed E-state index contributed by atoms with van der Waals surface area (Å²) in [5.74, 6) is 0. The number of benzene rings is 1. The fourth-order valence-electron chi connectivity index (χ4n) is 1.97. The Morgan fingerprint density at radius 3 is 2.52 bits per heavy atom. The average molecular weight is 378 g/mol. The second kappa shape index (κ2) is 8.24. The molecule has 120 valence electrons. The number of rotatable bonds is 8. The summed E-state index contributed by atoms with van der Waals surface area (Å²) in [5, 5.41) is 3.03. The van der Waals surface area contributed by atoms with E-state index >= 15 is 0 Å². The zero-order chi connectivity index (χ0) is 16.0. The van der Waals surface area contributed by atoms with Gasteiger partial charge in [-0.25, -0.2) is 13.1 Å². The molecule has 0 bridgehead atoms. The zero-order valence-electron chi connectivity index (χ0n) is 13.0. The van der Waals surface area contributed by atoms with Crippen LogP contribution in [0.25, 0.3) is 0 Å². The summed E-state index contributed by atoms with van der Waals surface area (Å²) in [6, 6.07) is 3.67. The van der Waals surface area contributed by atoms with Crippen molar-refractivity contribution >= 4 is 26.0 Å². The standard InChI is InChI=1S/C14H24BrN3O2S/c1-11-13(15)8-12(10-16-2)9-14(11)21(19,20)17-6-5-7-18(3)4/h8-9,16-17H,5-7,10H2,1-4H3. The number of nitrogens with one attached hydrogen (secondary N) is 2. The van der Waals surface area contributed by atoms with Crippen molar-refractivity contribution in [3.05, 3.63) is 27.7 Å². The molecule has 0 aliphatic carbocycles. The van der Waals surface area contributed by atoms with Crippen molar-refractivity contribution in [2.24, 2.45) is 0 Å². The monoisotopic (exact) mass is 377 g/mol. The van der Waals surface area contributed by atoms with Crippen molar-refractivity contribution < 1.29 is 8.42 Å². The summed E-state index contributed by atoms with van der Waals surface area (Å²) in [5.41, 5.74) is 1.67. The van der Waals surface area contributed by atoms with Gasteiger partial charge in [0.25, 0.3) is 0 Å². The van der Waals surface area contributed by atoms with Gasteiger partial charge in [-0.15, -0.1) is 0 Å². The number of sulfonamides is 1. The maximum absolute atomic E-state index is 12.4. The minimum Gasteiger partial charge on any atom is -0.316 e. The third-order valence-electron chi connectivity index (χ3n) is 3.10. The molecule has 0 saturated heterocycles. The fourth-order valence-corrected chi connectivity index (χ4v) is 4.00. The molecule has 0 saturated carbocycles. The molecule has 0 aliphatic rings. The van der Waals surface area contributed by atoms with E-state index < -0.39 is 10.0 Å². The van der Waals surface area contributed by atoms with Gasteiger partial charge in [0.1, 0.15) is 0 Å². The summed E-state index contributed by atoms with van der Waals surface area (Å²) in [7, 11) is 2.29. The quantitative estimate of drug-likeness (QED) is 0.676. The lowest BCUT2D eigenvalue weighted by Crippen LogP contribution is -2.28. The van der Waals surface area contributed by atoms with Gasteiger partial charge < -0.3 is 10.2 Å². The van der Waals surface area contributed by atoms with Crippen LogP contribution in [0.5, 0.6) is 0 Å². The first-order valence-corrected chi connectivity index (χ1v) is 9.13. The molecule has 0 unspecified atom stereocenters. The number of halogens is 1. The normalized spacial score (nSPS) is 12.1. The molecule has 0 amide bonds. The van der Waals surface area contributed by atoms with E-state index in [1.54, 1.807) is 6.07 Å². The lowest BCUT2D eigenvalue weighted by Gasteiger charge is -2.14. The summed E-state index contributed by atoms with van der Waals surface area (Å²) in [6.45, 7) is 3.72. The van der Waals surface area contributed by atoms with E-state index in [1.165, 1.54) is 0 Å². The van der Waals surface area contributed by atoms with Gasteiger partial charge in [0.2, 0.25) is 10.0 Å². The summed E-state index contributed by atoms with van der Waals surface area (Å²) < 4.78 is 28.4. The Bertz CT molecular complexity index is 574. The number of hydrogen-bond donors (Lipinski definition) is 2. The molecule has 5 nitrogen and oxygen atoms in total. The highest BCUT2D eigenvalue weighted by atomic mass is 79.9. The molecule has 1 aromatic rings. The highest BCUT2D eigenvalue weighted by Gasteiger charge is 2.18. The van der Waals surface area contributed by atoms with Gasteiger partial charge in [0, 0.05) is 17.6 Å². The van der Waals surface area contributed by atoms with Crippen LogP contribution < -0.4 is 10.0 Å². The summed E-state index contributed by atoms with van der Waals surface area (Å²) in [4.78, 5) is 2.37.